The van der Waals surface area contributed by atoms with E-state index in [1.807, 2.05) is 0 Å². The smallest absolute Gasteiger partial charge is 0.448 e. The van der Waals surface area contributed by atoms with E-state index in [4.69, 9.17) is 35.7 Å². The molecule has 0 aliphatic rings. The van der Waals surface area contributed by atoms with Gasteiger partial charge in [0.05, 0.1) is 20.0 Å². The van der Waals surface area contributed by atoms with Crippen LogP contribution in [-0.4, -0.2) is 72.0 Å². The molecule has 0 saturated carbocycles. The normalized spacial score (nSPS) is 15.8. The summed E-state index contributed by atoms with van der Waals surface area (Å²) in [7, 11) is 0.734. The van der Waals surface area contributed by atoms with E-state index in [1.165, 1.54) is 6.92 Å². The first-order valence-corrected chi connectivity index (χ1v) is 4.73. The van der Waals surface area contributed by atoms with Crippen LogP contribution in [0.15, 0.2) is 0 Å². The van der Waals surface area contributed by atoms with Crippen LogP contribution >= 0.6 is 0 Å². The van der Waals surface area contributed by atoms with E-state index < -0.39 is 41.5 Å². The molecule has 17 heavy (non-hydrogen) atoms. The lowest BCUT2D eigenvalue weighted by atomic mass is 10.1. The number of nitrogens with zero attached hydrogens (tertiary/aromatic N) is 1. The van der Waals surface area contributed by atoms with Gasteiger partial charge in [-0.3, -0.25) is 35.4 Å². The fraction of sp³-hybridized carbons (Fsp3) is 0.875. The monoisotopic (exact) mass is 256 g/mol. The van der Waals surface area contributed by atoms with Crippen LogP contribution in [0, 0.1) is 5.92 Å². The zero-order valence-corrected chi connectivity index (χ0v) is 9.48. The molecule has 0 radical (unpaired) electrons. The summed E-state index contributed by atoms with van der Waals surface area (Å²) in [6.45, 7) is 0.751. The van der Waals surface area contributed by atoms with Gasteiger partial charge >= 0.3 is 18.2 Å². The Hall–Kier alpha value is -0.810. The molecule has 0 aromatic carbocycles. The fourth-order valence-corrected chi connectivity index (χ4v) is 1.43. The van der Waals surface area contributed by atoms with Gasteiger partial charge in [0.2, 0.25) is 0 Å². The summed E-state index contributed by atoms with van der Waals surface area (Å²) in [5.74, 6) is -1.96. The number of rotatable bonds is 6. The Bertz CT molecular complexity index is 264. The number of carbonyl (C=O) groups is 1. The first-order valence-electron chi connectivity index (χ1n) is 4.73. The highest BCUT2D eigenvalue weighted by atomic mass is 16.8. The third-order valence-electron chi connectivity index (χ3n) is 2.52. The van der Waals surface area contributed by atoms with Gasteiger partial charge in [-0.05, 0) is 0 Å². The van der Waals surface area contributed by atoms with E-state index in [1.54, 1.807) is 0 Å². The van der Waals surface area contributed by atoms with Gasteiger partial charge in [0, 0.05) is 5.92 Å². The van der Waals surface area contributed by atoms with E-state index in [0.717, 1.165) is 7.05 Å². The van der Waals surface area contributed by atoms with Crippen molar-refractivity contribution >= 4 is 5.97 Å². The van der Waals surface area contributed by atoms with Gasteiger partial charge in [-0.2, -0.15) is 4.48 Å². The Morgan fingerprint density at radius 1 is 1.12 bits per heavy atom. The summed E-state index contributed by atoms with van der Waals surface area (Å²) in [6.07, 6.45) is -7.71. The average molecular weight is 256 g/mol. The van der Waals surface area contributed by atoms with Crippen molar-refractivity contribution in [2.45, 2.75) is 25.5 Å². The molecule has 9 nitrogen and oxygen atoms in total. The van der Waals surface area contributed by atoms with Crippen LogP contribution in [-0.2, 0) is 4.79 Å². The lowest BCUT2D eigenvalue weighted by Gasteiger charge is -2.44. The number of hydrogen-bond acceptors (Lipinski definition) is 7. The molecule has 0 fully saturated rings. The van der Waals surface area contributed by atoms with Crippen molar-refractivity contribution in [3.8, 4) is 0 Å². The van der Waals surface area contributed by atoms with Gasteiger partial charge in [0.25, 0.3) is 0 Å². The third-order valence-corrected chi connectivity index (χ3v) is 2.52. The second kappa shape index (κ2) is 4.82. The third kappa shape index (κ3) is 3.85. The van der Waals surface area contributed by atoms with Crippen molar-refractivity contribution in [2.24, 2.45) is 5.92 Å². The van der Waals surface area contributed by atoms with Crippen molar-refractivity contribution < 1.29 is 45.0 Å². The molecule has 0 spiro atoms. The van der Waals surface area contributed by atoms with E-state index in [-0.39, 0.29) is 0 Å². The summed E-state index contributed by atoms with van der Waals surface area (Å²) in [5, 5.41) is 62.6. The van der Waals surface area contributed by atoms with E-state index in [9.17, 15) is 4.79 Å². The topological polar surface area (TPSA) is 159 Å². The zero-order valence-electron chi connectivity index (χ0n) is 9.48. The Balaban J connectivity index is 5.05. The highest BCUT2D eigenvalue weighted by Gasteiger charge is 2.59. The number of hydrogen-bond donors (Lipinski definition) is 7. The number of quaternary nitrogens is 1. The maximum Gasteiger partial charge on any atom is 0.448 e. The molecule has 0 aliphatic carbocycles. The second-order valence-corrected chi connectivity index (χ2v) is 4.28. The molecule has 0 bridgehead atoms. The fourth-order valence-electron chi connectivity index (χ4n) is 1.43. The van der Waals surface area contributed by atoms with Crippen LogP contribution < -0.4 is 0 Å². The van der Waals surface area contributed by atoms with Crippen LogP contribution in [0.3, 0.4) is 0 Å². The van der Waals surface area contributed by atoms with Gasteiger partial charge in [0.1, 0.15) is 0 Å². The lowest BCUT2D eigenvalue weighted by Crippen LogP contribution is -2.74. The largest absolute Gasteiger partial charge is 0.481 e. The minimum atomic E-state index is -3.65. The standard InChI is InChI=1S/C8H17NO8/c1-5(3-6(10)11)4-9(2,7(12,13)14)8(15,16)17/h5,12-17H,3-4H2,1-2H3/p+1. The number of carboxylic acid groups (broad SMARTS) is 1. The van der Waals surface area contributed by atoms with Gasteiger partial charge < -0.3 is 5.11 Å². The number of carboxylic acids is 1. The Labute approximate surface area is 97.0 Å². The molecule has 0 aromatic heterocycles. The van der Waals surface area contributed by atoms with Crippen LogP contribution in [0.5, 0.6) is 0 Å². The van der Waals surface area contributed by atoms with Gasteiger partial charge in [-0.1, -0.05) is 6.92 Å². The Morgan fingerprint density at radius 3 is 1.71 bits per heavy atom. The van der Waals surface area contributed by atoms with Crippen LogP contribution in [0.2, 0.25) is 0 Å². The summed E-state index contributed by atoms with van der Waals surface area (Å²) in [5.41, 5.74) is 0. The quantitative estimate of drug-likeness (QED) is 0.192. The maximum absolute atomic E-state index is 10.4. The SMILES string of the molecule is CC(CC(=O)O)C[N+](C)(C(O)(O)O)C(O)(O)O. The molecular formula is C8H18NO8+. The van der Waals surface area contributed by atoms with Crippen molar-refractivity contribution in [2.75, 3.05) is 13.6 Å². The maximum atomic E-state index is 10.4. The van der Waals surface area contributed by atoms with Gasteiger partial charge in [-0.25, -0.2) is 0 Å². The van der Waals surface area contributed by atoms with Crippen molar-refractivity contribution in [1.82, 2.24) is 0 Å². The molecule has 0 aliphatic heterocycles. The highest BCUT2D eigenvalue weighted by Crippen LogP contribution is 2.26. The summed E-state index contributed by atoms with van der Waals surface area (Å²) in [4.78, 5) is 10.4. The van der Waals surface area contributed by atoms with Gasteiger partial charge in [-0.15, -0.1) is 0 Å². The van der Waals surface area contributed by atoms with Crippen molar-refractivity contribution in [1.29, 1.82) is 0 Å². The summed E-state index contributed by atoms with van der Waals surface area (Å²) >= 11 is 0. The zero-order chi connectivity index (χ0) is 14.1. The van der Waals surface area contributed by atoms with Crippen molar-refractivity contribution in [3.05, 3.63) is 0 Å². The molecule has 0 rings (SSSR count). The minimum absolute atomic E-state index is 0.417. The molecule has 7 N–H and O–H groups in total. The Kier molecular flexibility index (Phi) is 4.59. The number of aliphatic hydroxyl groups is 6. The molecule has 0 saturated heterocycles. The molecule has 102 valence electrons. The average Bonchev–Trinajstić information content (AvgIpc) is 1.97. The lowest BCUT2D eigenvalue weighted by molar-refractivity contribution is -1.13. The molecular weight excluding hydrogens is 238 g/mol. The number of aliphatic carboxylic acids is 1. The van der Waals surface area contributed by atoms with Crippen LogP contribution in [0.1, 0.15) is 13.3 Å². The summed E-state index contributed by atoms with van der Waals surface area (Å²) in [6, 6.07) is 0. The molecule has 0 amide bonds. The molecule has 1 unspecified atom stereocenters. The van der Waals surface area contributed by atoms with E-state index in [2.05, 4.69) is 0 Å². The molecule has 0 aromatic rings. The van der Waals surface area contributed by atoms with Crippen LogP contribution in [0.25, 0.3) is 0 Å². The molecule has 9 heteroatoms. The molecule has 1 atom stereocenters. The predicted molar refractivity (Wildman–Crippen MR) is 51.2 cm³/mol. The Morgan fingerprint density at radius 2 is 1.47 bits per heavy atom. The van der Waals surface area contributed by atoms with Gasteiger partial charge in [0.15, 0.2) is 0 Å². The predicted octanol–water partition coefficient (Wildman–Crippen LogP) is -3.28. The van der Waals surface area contributed by atoms with Crippen molar-refractivity contribution in [3.63, 3.8) is 0 Å². The second-order valence-electron chi connectivity index (χ2n) is 4.28. The summed E-state index contributed by atoms with van der Waals surface area (Å²) < 4.78 is -1.80. The highest BCUT2D eigenvalue weighted by molar-refractivity contribution is 5.66. The van der Waals surface area contributed by atoms with E-state index in [0.29, 0.717) is 0 Å². The first-order chi connectivity index (χ1) is 7.31. The van der Waals surface area contributed by atoms with Crippen LogP contribution in [0.4, 0.5) is 0 Å². The minimum Gasteiger partial charge on any atom is -0.481 e. The van der Waals surface area contributed by atoms with E-state index >= 15 is 0 Å². The molecule has 0 heterocycles. The first kappa shape index (κ1) is 16.2.